The lowest BCUT2D eigenvalue weighted by Crippen LogP contribution is -2.40. The second-order valence-electron chi connectivity index (χ2n) is 7.80. The monoisotopic (exact) mass is 493 g/mol. The summed E-state index contributed by atoms with van der Waals surface area (Å²) in [6, 6.07) is 22.3. The topological polar surface area (TPSA) is 99.3 Å². The van der Waals surface area contributed by atoms with Gasteiger partial charge in [-0.25, -0.2) is 13.4 Å². The van der Waals surface area contributed by atoms with E-state index >= 15 is 0 Å². The number of thiocarbonyl (C=S) groups is 1. The van der Waals surface area contributed by atoms with Crippen molar-refractivity contribution in [2.75, 3.05) is 36.9 Å². The van der Waals surface area contributed by atoms with Crippen molar-refractivity contribution >= 4 is 49.8 Å². The first-order valence-corrected chi connectivity index (χ1v) is 12.6. The Morgan fingerprint density at radius 3 is 2.18 bits per heavy atom. The van der Waals surface area contributed by atoms with E-state index in [2.05, 4.69) is 20.6 Å². The molecule has 0 aliphatic carbocycles. The van der Waals surface area contributed by atoms with Gasteiger partial charge in [0.05, 0.1) is 29.1 Å². The molecule has 2 heterocycles. The first-order chi connectivity index (χ1) is 16.5. The van der Waals surface area contributed by atoms with Gasteiger partial charge in [-0.3, -0.25) is 0 Å². The van der Waals surface area contributed by atoms with Crippen molar-refractivity contribution in [3.8, 4) is 11.4 Å². The van der Waals surface area contributed by atoms with E-state index in [-0.39, 0.29) is 4.90 Å². The zero-order valence-electron chi connectivity index (χ0n) is 18.2. The number of morpholine rings is 1. The van der Waals surface area contributed by atoms with Crippen LogP contribution in [0.15, 0.2) is 77.7 Å². The number of rotatable bonds is 5. The number of aromatic amines is 1. The zero-order valence-corrected chi connectivity index (χ0v) is 19.8. The Balaban J connectivity index is 1.21. The van der Waals surface area contributed by atoms with Crippen molar-refractivity contribution in [2.24, 2.45) is 0 Å². The molecule has 1 aliphatic rings. The molecule has 0 saturated carbocycles. The molecule has 0 amide bonds. The number of nitrogens with zero attached hydrogens (tertiary/aromatic N) is 2. The first kappa shape index (κ1) is 22.5. The van der Waals surface area contributed by atoms with Crippen LogP contribution >= 0.6 is 12.2 Å². The molecule has 3 N–H and O–H groups in total. The van der Waals surface area contributed by atoms with Crippen molar-refractivity contribution in [3.05, 3.63) is 72.8 Å². The fourth-order valence-corrected chi connectivity index (χ4v) is 5.38. The Kier molecular flexibility index (Phi) is 6.29. The predicted octanol–water partition coefficient (Wildman–Crippen LogP) is 4.06. The minimum absolute atomic E-state index is 0.250. The van der Waals surface area contributed by atoms with Gasteiger partial charge in [-0.05, 0) is 72.9 Å². The van der Waals surface area contributed by atoms with Crippen LogP contribution in [0.4, 0.5) is 11.4 Å². The van der Waals surface area contributed by atoms with Gasteiger partial charge in [-0.15, -0.1) is 0 Å². The van der Waals surface area contributed by atoms with E-state index in [0.717, 1.165) is 28.1 Å². The number of hydrogen-bond donors (Lipinski definition) is 3. The highest BCUT2D eigenvalue weighted by molar-refractivity contribution is 7.89. The highest BCUT2D eigenvalue weighted by Gasteiger charge is 2.26. The fourth-order valence-electron chi connectivity index (χ4n) is 3.74. The van der Waals surface area contributed by atoms with Crippen LogP contribution in [-0.4, -0.2) is 54.1 Å². The molecule has 4 aromatic rings. The molecule has 174 valence electrons. The number of hydrogen-bond acceptors (Lipinski definition) is 5. The molecule has 0 unspecified atom stereocenters. The molecular formula is C24H23N5O3S2. The van der Waals surface area contributed by atoms with Gasteiger partial charge in [0.25, 0.3) is 0 Å². The number of benzene rings is 3. The molecule has 5 rings (SSSR count). The second-order valence-corrected chi connectivity index (χ2v) is 10.1. The molecule has 0 atom stereocenters. The molecular weight excluding hydrogens is 470 g/mol. The number of H-pyrrole nitrogens is 1. The normalized spacial score (nSPS) is 14.7. The lowest BCUT2D eigenvalue weighted by atomic mass is 10.2. The summed E-state index contributed by atoms with van der Waals surface area (Å²) in [4.78, 5) is 8.19. The summed E-state index contributed by atoms with van der Waals surface area (Å²) >= 11 is 5.42. The van der Waals surface area contributed by atoms with E-state index in [9.17, 15) is 8.42 Å². The first-order valence-electron chi connectivity index (χ1n) is 10.8. The van der Waals surface area contributed by atoms with Crippen molar-refractivity contribution in [1.29, 1.82) is 0 Å². The van der Waals surface area contributed by atoms with Crippen LogP contribution in [0.25, 0.3) is 22.4 Å². The molecule has 1 fully saturated rings. The predicted molar refractivity (Wildman–Crippen MR) is 137 cm³/mol. The standard InChI is InChI=1S/C24H23N5O3S2/c30-34(31,29-13-15-32-16-14-29)20-11-9-19(10-12-20)26-24(33)25-18-7-5-17(6-8-18)23-27-21-3-1-2-4-22(21)28-23/h1-12H,13-16H2,(H,27,28)(H2,25,26,33). The molecule has 1 aromatic heterocycles. The minimum Gasteiger partial charge on any atom is -0.379 e. The van der Waals surface area contributed by atoms with Gasteiger partial charge in [-0.2, -0.15) is 4.31 Å². The summed E-state index contributed by atoms with van der Waals surface area (Å²) in [5.41, 5.74) is 4.40. The Labute approximate surface area is 203 Å². The van der Waals surface area contributed by atoms with Crippen LogP contribution in [0.2, 0.25) is 0 Å². The summed E-state index contributed by atoms with van der Waals surface area (Å²) in [5, 5.41) is 6.63. The fraction of sp³-hybridized carbons (Fsp3) is 0.167. The number of sulfonamides is 1. The van der Waals surface area contributed by atoms with Crippen molar-refractivity contribution in [1.82, 2.24) is 14.3 Å². The summed E-state index contributed by atoms with van der Waals surface area (Å²) in [6.45, 7) is 1.56. The number of anilines is 2. The largest absolute Gasteiger partial charge is 0.379 e. The number of ether oxygens (including phenoxy) is 1. The second kappa shape index (κ2) is 9.51. The molecule has 1 saturated heterocycles. The summed E-state index contributed by atoms with van der Waals surface area (Å²) in [6.07, 6.45) is 0. The van der Waals surface area contributed by atoms with Gasteiger partial charge < -0.3 is 20.4 Å². The molecule has 10 heteroatoms. The van der Waals surface area contributed by atoms with Crippen LogP contribution in [0.1, 0.15) is 0 Å². The van der Waals surface area contributed by atoms with Gasteiger partial charge in [0, 0.05) is 30.0 Å². The lowest BCUT2D eigenvalue weighted by Gasteiger charge is -2.26. The highest BCUT2D eigenvalue weighted by atomic mass is 32.2. The third-order valence-electron chi connectivity index (χ3n) is 5.53. The summed E-state index contributed by atoms with van der Waals surface area (Å²) < 4.78 is 32.2. The van der Waals surface area contributed by atoms with E-state index in [1.54, 1.807) is 24.3 Å². The Bertz CT molecular complexity index is 1380. The average molecular weight is 494 g/mol. The third-order valence-corrected chi connectivity index (χ3v) is 7.64. The molecule has 3 aromatic carbocycles. The van der Waals surface area contributed by atoms with Crippen LogP contribution in [0.3, 0.4) is 0 Å². The van der Waals surface area contributed by atoms with Crippen molar-refractivity contribution < 1.29 is 13.2 Å². The number of aromatic nitrogens is 2. The smallest absolute Gasteiger partial charge is 0.243 e. The third kappa shape index (κ3) is 4.80. The van der Waals surface area contributed by atoms with Gasteiger partial charge >= 0.3 is 0 Å². The number of para-hydroxylation sites is 2. The molecule has 34 heavy (non-hydrogen) atoms. The van der Waals surface area contributed by atoms with Gasteiger partial charge in [0.15, 0.2) is 5.11 Å². The minimum atomic E-state index is -3.52. The molecule has 0 spiro atoms. The average Bonchev–Trinajstić information content (AvgIpc) is 3.30. The van der Waals surface area contributed by atoms with Crippen molar-refractivity contribution in [2.45, 2.75) is 4.90 Å². The van der Waals surface area contributed by atoms with Gasteiger partial charge in [-0.1, -0.05) is 12.1 Å². The SMILES string of the molecule is O=S(=O)(c1ccc(NC(=S)Nc2ccc(-c3nc4ccccc4[nH]3)cc2)cc1)N1CCOCC1. The molecule has 1 aliphatic heterocycles. The van der Waals surface area contributed by atoms with Crippen LogP contribution < -0.4 is 10.6 Å². The maximum absolute atomic E-state index is 12.7. The maximum atomic E-state index is 12.7. The van der Waals surface area contributed by atoms with Crippen molar-refractivity contribution in [3.63, 3.8) is 0 Å². The quantitative estimate of drug-likeness (QED) is 0.361. The van der Waals surface area contributed by atoms with Crippen LogP contribution in [-0.2, 0) is 14.8 Å². The Morgan fingerprint density at radius 1 is 0.912 bits per heavy atom. The molecule has 8 nitrogen and oxygen atoms in total. The van der Waals surface area contributed by atoms with E-state index in [1.165, 1.54) is 4.31 Å². The summed E-state index contributed by atoms with van der Waals surface area (Å²) in [5.74, 6) is 0.806. The van der Waals surface area contributed by atoms with Crippen LogP contribution in [0.5, 0.6) is 0 Å². The van der Waals surface area contributed by atoms with E-state index < -0.39 is 10.0 Å². The van der Waals surface area contributed by atoms with Gasteiger partial charge in [0.2, 0.25) is 10.0 Å². The molecule has 0 bridgehead atoms. The van der Waals surface area contributed by atoms with E-state index in [0.29, 0.717) is 37.1 Å². The lowest BCUT2D eigenvalue weighted by molar-refractivity contribution is 0.0730. The summed E-state index contributed by atoms with van der Waals surface area (Å²) in [7, 11) is -3.52. The molecule has 0 radical (unpaired) electrons. The van der Waals surface area contributed by atoms with Crippen LogP contribution in [0, 0.1) is 0 Å². The zero-order chi connectivity index (χ0) is 23.5. The Morgan fingerprint density at radius 2 is 1.53 bits per heavy atom. The van der Waals surface area contributed by atoms with Gasteiger partial charge in [0.1, 0.15) is 5.82 Å². The Hall–Kier alpha value is -3.31. The number of nitrogens with one attached hydrogen (secondary N) is 3. The van der Waals surface area contributed by atoms with E-state index in [1.807, 2.05) is 48.5 Å². The number of imidazole rings is 1. The van der Waals surface area contributed by atoms with E-state index in [4.69, 9.17) is 17.0 Å². The number of fused-ring (bicyclic) bond motifs is 1. The maximum Gasteiger partial charge on any atom is 0.243 e. The highest BCUT2D eigenvalue weighted by Crippen LogP contribution is 2.23.